The summed E-state index contributed by atoms with van der Waals surface area (Å²) >= 11 is 0. The Morgan fingerprint density at radius 3 is 2.04 bits per heavy atom. The maximum atomic E-state index is 5.97. The van der Waals surface area contributed by atoms with E-state index in [9.17, 15) is 0 Å². The van der Waals surface area contributed by atoms with Gasteiger partial charge in [-0.2, -0.15) is 0 Å². The highest BCUT2D eigenvalue weighted by Gasteiger charge is 2.18. The zero-order valence-corrected chi connectivity index (χ0v) is 16.2. The van der Waals surface area contributed by atoms with Gasteiger partial charge in [0.15, 0.2) is 5.75 Å². The third-order valence-electron chi connectivity index (χ3n) is 3.82. The molecule has 0 saturated heterocycles. The predicted molar refractivity (Wildman–Crippen MR) is 104 cm³/mol. The fraction of sp³-hybridized carbons (Fsp3) is 0.571. The molecule has 5 nitrogen and oxygen atoms in total. The lowest BCUT2D eigenvalue weighted by atomic mass is 10.2. The number of rotatable bonds is 16. The molecular weight excluding hydrogens is 330 g/mol. The zero-order valence-electron chi connectivity index (χ0n) is 16.2. The van der Waals surface area contributed by atoms with Crippen molar-refractivity contribution in [2.75, 3.05) is 0 Å². The van der Waals surface area contributed by atoms with Crippen LogP contribution in [0.25, 0.3) is 0 Å². The van der Waals surface area contributed by atoms with E-state index in [2.05, 4.69) is 32.0 Å². The first-order chi connectivity index (χ1) is 12.7. The van der Waals surface area contributed by atoms with E-state index in [-0.39, 0.29) is 0 Å². The molecule has 0 spiro atoms. The normalized spacial score (nSPS) is 12.7. The van der Waals surface area contributed by atoms with Crippen LogP contribution < -0.4 is 9.47 Å². The topological polar surface area (TPSA) is 49.8 Å². The van der Waals surface area contributed by atoms with Crippen molar-refractivity contribution in [3.8, 4) is 11.6 Å². The minimum Gasteiger partial charge on any atom is -0.463 e. The summed E-state index contributed by atoms with van der Waals surface area (Å²) in [5.74, 6) is 0.924. The Labute approximate surface area is 158 Å². The summed E-state index contributed by atoms with van der Waals surface area (Å²) in [6.45, 7) is 11.6. The van der Waals surface area contributed by atoms with Gasteiger partial charge in [-0.3, -0.25) is 0 Å². The average molecular weight is 363 g/mol. The van der Waals surface area contributed by atoms with E-state index < -0.39 is 12.6 Å². The Balaban J connectivity index is 2.76. The maximum absolute atomic E-state index is 5.97. The standard InChI is InChI=1S/C21H33NO4/c1-5-9-11-15-19(23-7-3)25-18-14-13-17-22-21(18)26-20(24-8-4)16-12-10-6-2/h7-8,13-14,17,19-20H,3-6,9-12,15-16H2,1-2H3. The van der Waals surface area contributed by atoms with E-state index in [0.29, 0.717) is 11.6 Å². The molecule has 5 heteroatoms. The fourth-order valence-electron chi connectivity index (χ4n) is 2.47. The van der Waals surface area contributed by atoms with Gasteiger partial charge in [-0.15, -0.1) is 0 Å². The number of ether oxygens (including phenoxy) is 4. The van der Waals surface area contributed by atoms with Crippen molar-refractivity contribution < 1.29 is 18.9 Å². The van der Waals surface area contributed by atoms with E-state index >= 15 is 0 Å². The molecule has 0 N–H and O–H groups in total. The monoisotopic (exact) mass is 363 g/mol. The van der Waals surface area contributed by atoms with Crippen molar-refractivity contribution in [2.24, 2.45) is 0 Å². The summed E-state index contributed by atoms with van der Waals surface area (Å²) < 4.78 is 22.9. The van der Waals surface area contributed by atoms with E-state index in [0.717, 1.165) is 51.4 Å². The first-order valence-electron chi connectivity index (χ1n) is 9.56. The third-order valence-corrected chi connectivity index (χ3v) is 3.82. The predicted octanol–water partition coefficient (Wildman–Crippen LogP) is 5.97. The molecule has 0 radical (unpaired) electrons. The second kappa shape index (κ2) is 14.0. The second-order valence-corrected chi connectivity index (χ2v) is 6.00. The minimum atomic E-state index is -0.435. The number of aromatic nitrogens is 1. The van der Waals surface area contributed by atoms with Crippen molar-refractivity contribution in [1.29, 1.82) is 0 Å². The lowest BCUT2D eigenvalue weighted by molar-refractivity contribution is -0.0560. The summed E-state index contributed by atoms with van der Waals surface area (Å²) in [5, 5.41) is 0. The Hall–Kier alpha value is -2.17. The van der Waals surface area contributed by atoms with Gasteiger partial charge in [-0.05, 0) is 25.0 Å². The highest BCUT2D eigenvalue weighted by Crippen LogP contribution is 2.28. The van der Waals surface area contributed by atoms with Gasteiger partial charge in [0.25, 0.3) is 5.88 Å². The maximum Gasteiger partial charge on any atom is 0.260 e. The molecule has 1 aromatic heterocycles. The number of pyridine rings is 1. The first-order valence-corrected chi connectivity index (χ1v) is 9.56. The van der Waals surface area contributed by atoms with Gasteiger partial charge in [0.05, 0.1) is 12.5 Å². The molecule has 1 heterocycles. The number of hydrogen-bond acceptors (Lipinski definition) is 5. The second-order valence-electron chi connectivity index (χ2n) is 6.00. The van der Waals surface area contributed by atoms with Gasteiger partial charge in [0.1, 0.15) is 0 Å². The molecule has 1 aromatic rings. The smallest absolute Gasteiger partial charge is 0.260 e. The first kappa shape index (κ1) is 21.9. The summed E-state index contributed by atoms with van der Waals surface area (Å²) in [4.78, 5) is 4.30. The summed E-state index contributed by atoms with van der Waals surface area (Å²) in [6, 6.07) is 3.62. The van der Waals surface area contributed by atoms with Gasteiger partial charge in [-0.1, -0.05) is 52.7 Å². The molecule has 146 valence electrons. The van der Waals surface area contributed by atoms with Crippen molar-refractivity contribution in [3.05, 3.63) is 44.0 Å². The van der Waals surface area contributed by atoms with E-state index in [4.69, 9.17) is 18.9 Å². The van der Waals surface area contributed by atoms with Crippen LogP contribution in [-0.4, -0.2) is 17.6 Å². The molecule has 2 atom stereocenters. The van der Waals surface area contributed by atoms with Crippen LogP contribution in [0, 0.1) is 0 Å². The van der Waals surface area contributed by atoms with Gasteiger partial charge in [0.2, 0.25) is 12.6 Å². The summed E-state index contributed by atoms with van der Waals surface area (Å²) in [5.41, 5.74) is 0. The van der Waals surface area contributed by atoms with Crippen LogP contribution in [0.5, 0.6) is 11.6 Å². The molecule has 1 rings (SSSR count). The molecule has 0 aliphatic rings. The van der Waals surface area contributed by atoms with Crippen LogP contribution in [0.4, 0.5) is 0 Å². The Bertz CT molecular complexity index is 462. The van der Waals surface area contributed by atoms with Gasteiger partial charge >= 0.3 is 0 Å². The Morgan fingerprint density at radius 2 is 1.50 bits per heavy atom. The van der Waals surface area contributed by atoms with Crippen LogP contribution in [0.15, 0.2) is 44.0 Å². The van der Waals surface area contributed by atoms with Crippen molar-refractivity contribution in [1.82, 2.24) is 4.98 Å². The number of nitrogens with zero attached hydrogens (tertiary/aromatic N) is 1. The number of hydrogen-bond donors (Lipinski definition) is 0. The molecule has 26 heavy (non-hydrogen) atoms. The third kappa shape index (κ3) is 8.79. The molecule has 0 saturated carbocycles. The van der Waals surface area contributed by atoms with Gasteiger partial charge < -0.3 is 18.9 Å². The SMILES string of the molecule is C=COC(CCCCC)Oc1cccnc1OC(CCCCC)OC=C. The van der Waals surface area contributed by atoms with Crippen LogP contribution in [0.3, 0.4) is 0 Å². The highest BCUT2D eigenvalue weighted by atomic mass is 16.7. The fourth-order valence-corrected chi connectivity index (χ4v) is 2.47. The molecular formula is C21H33NO4. The van der Waals surface area contributed by atoms with E-state index in [1.54, 1.807) is 12.3 Å². The molecule has 2 unspecified atom stereocenters. The quantitative estimate of drug-likeness (QED) is 0.206. The average Bonchev–Trinajstić information content (AvgIpc) is 2.64. The Morgan fingerprint density at radius 1 is 0.923 bits per heavy atom. The number of unbranched alkanes of at least 4 members (excludes halogenated alkanes) is 4. The van der Waals surface area contributed by atoms with E-state index in [1.165, 1.54) is 12.5 Å². The zero-order chi connectivity index (χ0) is 19.0. The van der Waals surface area contributed by atoms with E-state index in [1.807, 2.05) is 6.07 Å². The lowest BCUT2D eigenvalue weighted by Crippen LogP contribution is -2.22. The van der Waals surface area contributed by atoms with Crippen molar-refractivity contribution in [3.63, 3.8) is 0 Å². The van der Waals surface area contributed by atoms with Gasteiger partial charge in [0, 0.05) is 19.0 Å². The lowest BCUT2D eigenvalue weighted by Gasteiger charge is -2.22. The van der Waals surface area contributed by atoms with Crippen LogP contribution in [-0.2, 0) is 9.47 Å². The van der Waals surface area contributed by atoms with Crippen molar-refractivity contribution >= 4 is 0 Å². The summed E-state index contributed by atoms with van der Waals surface area (Å²) in [7, 11) is 0. The summed E-state index contributed by atoms with van der Waals surface area (Å²) in [6.07, 6.45) is 11.7. The molecule has 0 bridgehead atoms. The largest absolute Gasteiger partial charge is 0.463 e. The molecule has 0 aromatic carbocycles. The molecule has 0 aliphatic heterocycles. The minimum absolute atomic E-state index is 0.393. The molecule has 0 aliphatic carbocycles. The highest BCUT2D eigenvalue weighted by molar-refractivity contribution is 5.32. The van der Waals surface area contributed by atoms with Crippen LogP contribution >= 0.6 is 0 Å². The van der Waals surface area contributed by atoms with Crippen molar-refractivity contribution in [2.45, 2.75) is 77.8 Å². The van der Waals surface area contributed by atoms with Crippen LogP contribution in [0.2, 0.25) is 0 Å². The molecule has 0 fully saturated rings. The van der Waals surface area contributed by atoms with Crippen LogP contribution in [0.1, 0.15) is 65.2 Å². The van der Waals surface area contributed by atoms with Gasteiger partial charge in [-0.25, -0.2) is 4.98 Å². The Kier molecular flexibility index (Phi) is 11.8. The molecule has 0 amide bonds.